The van der Waals surface area contributed by atoms with Gasteiger partial charge < -0.3 is 10.4 Å². The zero-order valence-corrected chi connectivity index (χ0v) is 8.71. The van der Waals surface area contributed by atoms with Crippen molar-refractivity contribution in [2.45, 2.75) is 24.7 Å². The van der Waals surface area contributed by atoms with Crippen LogP contribution < -0.4 is 5.32 Å². The summed E-state index contributed by atoms with van der Waals surface area (Å²) in [5.41, 5.74) is -2.47. The number of carbonyl (C=O) groups is 1. The number of carbonyl (C=O) groups excluding carboxylic acids is 1. The van der Waals surface area contributed by atoms with Crippen molar-refractivity contribution in [3.63, 3.8) is 0 Å². The van der Waals surface area contributed by atoms with E-state index in [0.29, 0.717) is 0 Å². The monoisotopic (exact) mass is 245 g/mol. The van der Waals surface area contributed by atoms with Gasteiger partial charge in [0.15, 0.2) is 5.72 Å². The van der Waals surface area contributed by atoms with Crippen LogP contribution in [0.4, 0.5) is 13.2 Å². The fourth-order valence-corrected chi connectivity index (χ4v) is 1.82. The maximum Gasteiger partial charge on any atom is 0.416 e. The summed E-state index contributed by atoms with van der Waals surface area (Å²) in [6, 6.07) is 4.34. The smallest absolute Gasteiger partial charge is 0.367 e. The van der Waals surface area contributed by atoms with Gasteiger partial charge >= 0.3 is 6.18 Å². The standard InChI is InChI=1S/C11H10F3NO2/c12-11(13,14)8-3-1-2-7(6-8)10(17)5-4-9(16)15-10/h1-3,6,17H,4-5H2,(H,15,16). The van der Waals surface area contributed by atoms with Crippen molar-refractivity contribution in [1.82, 2.24) is 5.32 Å². The zero-order chi connectivity index (χ0) is 12.7. The third kappa shape index (κ3) is 2.26. The quantitative estimate of drug-likeness (QED) is 0.792. The van der Waals surface area contributed by atoms with Crippen molar-refractivity contribution in [1.29, 1.82) is 0 Å². The van der Waals surface area contributed by atoms with E-state index in [1.54, 1.807) is 0 Å². The summed E-state index contributed by atoms with van der Waals surface area (Å²) >= 11 is 0. The molecule has 2 N–H and O–H groups in total. The van der Waals surface area contributed by atoms with Crippen LogP contribution in [-0.4, -0.2) is 11.0 Å². The number of hydrogen-bond acceptors (Lipinski definition) is 2. The van der Waals surface area contributed by atoms with E-state index in [9.17, 15) is 23.1 Å². The molecular weight excluding hydrogens is 235 g/mol. The molecule has 6 heteroatoms. The molecule has 1 aliphatic rings. The lowest BCUT2D eigenvalue weighted by Crippen LogP contribution is -2.38. The van der Waals surface area contributed by atoms with Crippen LogP contribution in [0.5, 0.6) is 0 Å². The summed E-state index contributed by atoms with van der Waals surface area (Å²) in [6.45, 7) is 0. The highest BCUT2D eigenvalue weighted by Gasteiger charge is 2.39. The van der Waals surface area contributed by atoms with E-state index in [4.69, 9.17) is 0 Å². The van der Waals surface area contributed by atoms with E-state index >= 15 is 0 Å². The zero-order valence-electron chi connectivity index (χ0n) is 8.71. The molecule has 3 nitrogen and oxygen atoms in total. The minimum absolute atomic E-state index is 0.0539. The van der Waals surface area contributed by atoms with Gasteiger partial charge in [0, 0.05) is 18.4 Å². The Kier molecular flexibility index (Phi) is 2.61. The fourth-order valence-electron chi connectivity index (χ4n) is 1.82. The van der Waals surface area contributed by atoms with Crippen molar-refractivity contribution < 1.29 is 23.1 Å². The first kappa shape index (κ1) is 11.9. The molecule has 1 aromatic rings. The van der Waals surface area contributed by atoms with Gasteiger partial charge in [-0.1, -0.05) is 12.1 Å². The molecule has 1 fully saturated rings. The number of alkyl halides is 3. The molecule has 0 saturated carbocycles. The largest absolute Gasteiger partial charge is 0.416 e. The molecule has 1 unspecified atom stereocenters. The van der Waals surface area contributed by atoms with Gasteiger partial charge in [0.2, 0.25) is 5.91 Å². The number of hydrogen-bond donors (Lipinski definition) is 2. The van der Waals surface area contributed by atoms with Gasteiger partial charge in [-0.3, -0.25) is 4.79 Å². The number of rotatable bonds is 1. The van der Waals surface area contributed by atoms with Crippen molar-refractivity contribution in [2.75, 3.05) is 0 Å². The second kappa shape index (κ2) is 3.73. The average Bonchev–Trinajstić information content (AvgIpc) is 2.59. The summed E-state index contributed by atoms with van der Waals surface area (Å²) in [7, 11) is 0. The maximum absolute atomic E-state index is 12.5. The highest BCUT2D eigenvalue weighted by molar-refractivity contribution is 5.79. The summed E-state index contributed by atoms with van der Waals surface area (Å²) in [4.78, 5) is 11.0. The molecule has 0 aliphatic carbocycles. The third-order valence-electron chi connectivity index (χ3n) is 2.73. The van der Waals surface area contributed by atoms with E-state index < -0.39 is 17.5 Å². The van der Waals surface area contributed by atoms with E-state index in [0.717, 1.165) is 12.1 Å². The van der Waals surface area contributed by atoms with E-state index in [1.165, 1.54) is 12.1 Å². The van der Waals surface area contributed by atoms with Crippen LogP contribution in [-0.2, 0) is 16.7 Å². The van der Waals surface area contributed by atoms with Crippen LogP contribution >= 0.6 is 0 Å². The van der Waals surface area contributed by atoms with Crippen LogP contribution in [0.3, 0.4) is 0 Å². The molecule has 1 saturated heterocycles. The van der Waals surface area contributed by atoms with Gasteiger partial charge in [0.25, 0.3) is 0 Å². The molecule has 0 bridgehead atoms. The summed E-state index contributed by atoms with van der Waals surface area (Å²) in [6.07, 6.45) is -4.28. The first-order chi connectivity index (χ1) is 7.81. The molecule has 0 radical (unpaired) electrons. The van der Waals surface area contributed by atoms with E-state index in [1.807, 2.05) is 0 Å². The Labute approximate surface area is 95.3 Å². The van der Waals surface area contributed by atoms with Crippen molar-refractivity contribution in [3.8, 4) is 0 Å². The topological polar surface area (TPSA) is 49.3 Å². The Hall–Kier alpha value is -1.56. The molecule has 92 valence electrons. The number of nitrogens with one attached hydrogen (secondary N) is 1. The molecule has 2 rings (SSSR count). The molecule has 17 heavy (non-hydrogen) atoms. The lowest BCUT2D eigenvalue weighted by atomic mass is 9.99. The predicted molar refractivity (Wildman–Crippen MR) is 52.7 cm³/mol. The fraction of sp³-hybridized carbons (Fsp3) is 0.364. The van der Waals surface area contributed by atoms with Gasteiger partial charge in [-0.05, 0) is 12.1 Å². The van der Waals surface area contributed by atoms with Crippen molar-refractivity contribution in [2.24, 2.45) is 0 Å². The first-order valence-electron chi connectivity index (χ1n) is 5.02. The number of amides is 1. The summed E-state index contributed by atoms with van der Waals surface area (Å²) in [5.74, 6) is -0.370. The van der Waals surface area contributed by atoms with Crippen LogP contribution in [0.15, 0.2) is 24.3 Å². The molecule has 1 heterocycles. The Morgan fingerprint density at radius 1 is 1.35 bits per heavy atom. The van der Waals surface area contributed by atoms with Crippen LogP contribution in [0.2, 0.25) is 0 Å². The second-order valence-electron chi connectivity index (χ2n) is 3.99. The van der Waals surface area contributed by atoms with Gasteiger partial charge in [-0.2, -0.15) is 13.2 Å². The highest BCUT2D eigenvalue weighted by atomic mass is 19.4. The minimum Gasteiger partial charge on any atom is -0.367 e. The Morgan fingerprint density at radius 3 is 2.59 bits per heavy atom. The van der Waals surface area contributed by atoms with Crippen molar-refractivity contribution in [3.05, 3.63) is 35.4 Å². The third-order valence-corrected chi connectivity index (χ3v) is 2.73. The van der Waals surface area contributed by atoms with Gasteiger partial charge in [0.05, 0.1) is 5.56 Å². The van der Waals surface area contributed by atoms with Crippen LogP contribution in [0.1, 0.15) is 24.0 Å². The van der Waals surface area contributed by atoms with Crippen LogP contribution in [0.25, 0.3) is 0 Å². The molecule has 1 aliphatic heterocycles. The Balaban J connectivity index is 2.37. The SMILES string of the molecule is O=C1CCC(O)(c2cccc(C(F)(F)F)c2)N1. The first-order valence-corrected chi connectivity index (χ1v) is 5.02. The molecule has 0 spiro atoms. The predicted octanol–water partition coefficient (Wildman–Crippen LogP) is 1.76. The van der Waals surface area contributed by atoms with Crippen LogP contribution in [0, 0.1) is 0 Å². The Morgan fingerprint density at radius 2 is 2.06 bits per heavy atom. The number of benzene rings is 1. The molecule has 1 amide bonds. The maximum atomic E-state index is 12.5. The van der Waals surface area contributed by atoms with Crippen molar-refractivity contribution >= 4 is 5.91 Å². The minimum atomic E-state index is -4.46. The van der Waals surface area contributed by atoms with E-state index in [-0.39, 0.29) is 24.3 Å². The normalized spacial score (nSPS) is 24.8. The molecule has 1 atom stereocenters. The lowest BCUT2D eigenvalue weighted by Gasteiger charge is -2.23. The average molecular weight is 245 g/mol. The molecular formula is C11H10F3NO2. The summed E-state index contributed by atoms with van der Waals surface area (Å²) in [5, 5.41) is 12.3. The number of halogens is 3. The second-order valence-corrected chi connectivity index (χ2v) is 3.99. The lowest BCUT2D eigenvalue weighted by molar-refractivity contribution is -0.137. The molecule has 0 aromatic heterocycles. The van der Waals surface area contributed by atoms with Gasteiger partial charge in [-0.15, -0.1) is 0 Å². The van der Waals surface area contributed by atoms with Gasteiger partial charge in [-0.25, -0.2) is 0 Å². The Bertz CT molecular complexity index is 458. The highest BCUT2D eigenvalue weighted by Crippen LogP contribution is 2.34. The number of aliphatic hydroxyl groups is 1. The molecule has 1 aromatic carbocycles. The summed E-state index contributed by atoms with van der Waals surface area (Å²) < 4.78 is 37.5. The van der Waals surface area contributed by atoms with Gasteiger partial charge in [0.1, 0.15) is 0 Å². The van der Waals surface area contributed by atoms with E-state index in [2.05, 4.69) is 5.32 Å².